The van der Waals surface area contributed by atoms with E-state index in [2.05, 4.69) is 56.2 Å². The SMILES string of the molecule is c1ccc(N2CCN(c3cc4ccccc4cn3)CC2)nc1. The van der Waals surface area contributed by atoms with Gasteiger partial charge in [0.15, 0.2) is 0 Å². The summed E-state index contributed by atoms with van der Waals surface area (Å²) in [6.45, 7) is 3.90. The first-order valence-corrected chi connectivity index (χ1v) is 7.66. The van der Waals surface area contributed by atoms with Gasteiger partial charge in [-0.2, -0.15) is 0 Å². The van der Waals surface area contributed by atoms with Crippen LogP contribution < -0.4 is 9.80 Å². The van der Waals surface area contributed by atoms with E-state index < -0.39 is 0 Å². The van der Waals surface area contributed by atoms with E-state index in [4.69, 9.17) is 0 Å². The molecule has 4 nitrogen and oxygen atoms in total. The average molecular weight is 290 g/mol. The number of hydrogen-bond acceptors (Lipinski definition) is 4. The Morgan fingerprint density at radius 3 is 2.09 bits per heavy atom. The molecule has 1 aliphatic rings. The molecule has 0 radical (unpaired) electrons. The lowest BCUT2D eigenvalue weighted by Crippen LogP contribution is -2.47. The Kier molecular flexibility index (Phi) is 3.35. The normalized spacial score (nSPS) is 15.3. The zero-order valence-electron chi connectivity index (χ0n) is 12.4. The quantitative estimate of drug-likeness (QED) is 0.726. The molecule has 1 fully saturated rings. The molecule has 2 aromatic heterocycles. The minimum Gasteiger partial charge on any atom is -0.353 e. The largest absolute Gasteiger partial charge is 0.353 e. The van der Waals surface area contributed by atoms with Gasteiger partial charge in [-0.05, 0) is 23.6 Å². The Morgan fingerprint density at radius 1 is 0.682 bits per heavy atom. The smallest absolute Gasteiger partial charge is 0.129 e. The molecule has 4 rings (SSSR count). The lowest BCUT2D eigenvalue weighted by molar-refractivity contribution is 0.642. The highest BCUT2D eigenvalue weighted by molar-refractivity contribution is 5.83. The Labute approximate surface area is 130 Å². The minimum atomic E-state index is 0.974. The molecule has 0 unspecified atom stereocenters. The standard InChI is InChI=1S/C18H18N4/c1-2-6-16-14-20-18(13-15(16)5-1)22-11-9-21(10-12-22)17-7-3-4-8-19-17/h1-8,13-14H,9-12H2. The monoisotopic (exact) mass is 290 g/mol. The average Bonchev–Trinajstić information content (AvgIpc) is 2.62. The maximum atomic E-state index is 4.62. The number of piperazine rings is 1. The molecule has 3 aromatic rings. The van der Waals surface area contributed by atoms with Gasteiger partial charge >= 0.3 is 0 Å². The van der Waals surface area contributed by atoms with E-state index in [1.54, 1.807) is 0 Å². The van der Waals surface area contributed by atoms with Crippen LogP contribution in [0.4, 0.5) is 11.6 Å². The second kappa shape index (κ2) is 5.64. The summed E-state index contributed by atoms with van der Waals surface area (Å²) in [5.74, 6) is 2.13. The van der Waals surface area contributed by atoms with Gasteiger partial charge < -0.3 is 9.80 Å². The van der Waals surface area contributed by atoms with Crippen LogP contribution in [-0.2, 0) is 0 Å². The van der Waals surface area contributed by atoms with E-state index in [9.17, 15) is 0 Å². The van der Waals surface area contributed by atoms with Gasteiger partial charge in [-0.15, -0.1) is 0 Å². The Bertz CT molecular complexity index is 764. The van der Waals surface area contributed by atoms with Crippen molar-refractivity contribution in [2.45, 2.75) is 0 Å². The third-order valence-corrected chi connectivity index (χ3v) is 4.19. The zero-order valence-corrected chi connectivity index (χ0v) is 12.4. The summed E-state index contributed by atoms with van der Waals surface area (Å²) in [6.07, 6.45) is 3.82. The van der Waals surface area contributed by atoms with Crippen LogP contribution in [0.1, 0.15) is 0 Å². The molecule has 0 spiro atoms. The predicted molar refractivity (Wildman–Crippen MR) is 90.4 cm³/mol. The fourth-order valence-corrected chi connectivity index (χ4v) is 2.95. The van der Waals surface area contributed by atoms with Crippen LogP contribution in [-0.4, -0.2) is 36.1 Å². The number of hydrogen-bond donors (Lipinski definition) is 0. The van der Waals surface area contributed by atoms with E-state index in [-0.39, 0.29) is 0 Å². The maximum absolute atomic E-state index is 4.62. The summed E-state index contributed by atoms with van der Waals surface area (Å²) < 4.78 is 0. The highest BCUT2D eigenvalue weighted by atomic mass is 15.3. The number of aromatic nitrogens is 2. The van der Waals surface area contributed by atoms with Crippen LogP contribution in [0, 0.1) is 0 Å². The van der Waals surface area contributed by atoms with Crippen LogP contribution in [0.3, 0.4) is 0 Å². The van der Waals surface area contributed by atoms with E-state index in [0.717, 1.165) is 37.8 Å². The van der Waals surface area contributed by atoms with Crippen molar-refractivity contribution in [3.63, 3.8) is 0 Å². The van der Waals surface area contributed by atoms with Crippen molar-refractivity contribution < 1.29 is 0 Å². The van der Waals surface area contributed by atoms with Crippen LogP contribution in [0.2, 0.25) is 0 Å². The van der Waals surface area contributed by atoms with Crippen molar-refractivity contribution in [1.82, 2.24) is 9.97 Å². The van der Waals surface area contributed by atoms with Gasteiger partial charge in [0.2, 0.25) is 0 Å². The highest BCUT2D eigenvalue weighted by Gasteiger charge is 2.18. The first kappa shape index (κ1) is 13.1. The molecule has 110 valence electrons. The second-order valence-electron chi connectivity index (χ2n) is 5.55. The molecule has 0 N–H and O–H groups in total. The molecule has 1 aromatic carbocycles. The minimum absolute atomic E-state index is 0.974. The zero-order chi connectivity index (χ0) is 14.8. The molecule has 0 aliphatic carbocycles. The lowest BCUT2D eigenvalue weighted by atomic mass is 10.1. The summed E-state index contributed by atoms with van der Waals surface area (Å²) in [5.41, 5.74) is 0. The molecule has 22 heavy (non-hydrogen) atoms. The third kappa shape index (κ3) is 2.48. The molecular weight excluding hydrogens is 272 g/mol. The van der Waals surface area contributed by atoms with Gasteiger partial charge in [0.1, 0.15) is 11.6 Å². The van der Waals surface area contributed by atoms with E-state index >= 15 is 0 Å². The summed E-state index contributed by atoms with van der Waals surface area (Å²) in [4.78, 5) is 13.7. The number of rotatable bonds is 2. The Morgan fingerprint density at radius 2 is 1.36 bits per heavy atom. The number of benzene rings is 1. The summed E-state index contributed by atoms with van der Waals surface area (Å²) in [7, 11) is 0. The predicted octanol–water partition coefficient (Wildman–Crippen LogP) is 2.96. The molecule has 1 saturated heterocycles. The third-order valence-electron chi connectivity index (χ3n) is 4.19. The molecule has 0 saturated carbocycles. The van der Waals surface area contributed by atoms with Gasteiger partial charge in [0.25, 0.3) is 0 Å². The van der Waals surface area contributed by atoms with Crippen molar-refractivity contribution in [3.05, 3.63) is 60.9 Å². The van der Waals surface area contributed by atoms with Crippen molar-refractivity contribution in [3.8, 4) is 0 Å². The number of pyridine rings is 2. The molecule has 4 heteroatoms. The van der Waals surface area contributed by atoms with Gasteiger partial charge in [-0.25, -0.2) is 9.97 Å². The van der Waals surface area contributed by atoms with Crippen LogP contribution in [0.25, 0.3) is 10.8 Å². The summed E-state index contributed by atoms with van der Waals surface area (Å²) in [5, 5.41) is 2.44. The first-order chi connectivity index (χ1) is 10.9. The van der Waals surface area contributed by atoms with E-state index in [1.165, 1.54) is 10.8 Å². The fraction of sp³-hybridized carbons (Fsp3) is 0.222. The molecular formula is C18H18N4. The van der Waals surface area contributed by atoms with Crippen LogP contribution >= 0.6 is 0 Å². The van der Waals surface area contributed by atoms with Crippen LogP contribution in [0.5, 0.6) is 0 Å². The lowest BCUT2D eigenvalue weighted by Gasteiger charge is -2.36. The molecule has 3 heterocycles. The van der Waals surface area contributed by atoms with Crippen molar-refractivity contribution in [2.24, 2.45) is 0 Å². The van der Waals surface area contributed by atoms with Gasteiger partial charge in [-0.1, -0.05) is 30.3 Å². The van der Waals surface area contributed by atoms with Crippen molar-refractivity contribution in [1.29, 1.82) is 0 Å². The van der Waals surface area contributed by atoms with E-state index in [0.29, 0.717) is 0 Å². The first-order valence-electron chi connectivity index (χ1n) is 7.66. The molecule has 0 amide bonds. The Balaban J connectivity index is 1.50. The summed E-state index contributed by atoms with van der Waals surface area (Å²) >= 11 is 0. The number of nitrogens with zero attached hydrogens (tertiary/aromatic N) is 4. The van der Waals surface area contributed by atoms with Gasteiger partial charge in [-0.3, -0.25) is 0 Å². The number of fused-ring (bicyclic) bond motifs is 1. The van der Waals surface area contributed by atoms with Gasteiger partial charge in [0, 0.05) is 44.0 Å². The molecule has 0 atom stereocenters. The number of anilines is 2. The second-order valence-corrected chi connectivity index (χ2v) is 5.55. The van der Waals surface area contributed by atoms with Crippen molar-refractivity contribution in [2.75, 3.05) is 36.0 Å². The highest BCUT2D eigenvalue weighted by Crippen LogP contribution is 2.21. The van der Waals surface area contributed by atoms with Crippen LogP contribution in [0.15, 0.2) is 60.9 Å². The topological polar surface area (TPSA) is 32.3 Å². The van der Waals surface area contributed by atoms with Gasteiger partial charge in [0.05, 0.1) is 0 Å². The molecule has 1 aliphatic heterocycles. The van der Waals surface area contributed by atoms with E-state index in [1.807, 2.05) is 24.5 Å². The Hall–Kier alpha value is -2.62. The summed E-state index contributed by atoms with van der Waals surface area (Å²) in [6, 6.07) is 16.6. The van der Waals surface area contributed by atoms with Crippen molar-refractivity contribution >= 4 is 22.4 Å². The molecule has 0 bridgehead atoms. The fourth-order valence-electron chi connectivity index (χ4n) is 2.95. The maximum Gasteiger partial charge on any atom is 0.129 e.